The molecule has 1 N–H and O–H groups in total. The smallest absolute Gasteiger partial charge is 0.418 e. The number of anilines is 1. The number of sulfonamides is 1. The molecule has 2 heterocycles. The van der Waals surface area contributed by atoms with Crippen molar-refractivity contribution in [3.05, 3.63) is 48.5 Å². The molecule has 1 saturated heterocycles. The molecule has 3 amide bonds. The lowest BCUT2D eigenvalue weighted by Gasteiger charge is -2.38. The van der Waals surface area contributed by atoms with Crippen LogP contribution in [0.5, 0.6) is 0 Å². The van der Waals surface area contributed by atoms with E-state index in [4.69, 9.17) is 4.74 Å². The van der Waals surface area contributed by atoms with Crippen molar-refractivity contribution in [1.82, 2.24) is 9.21 Å². The Bertz CT molecular complexity index is 1660. The van der Waals surface area contributed by atoms with Crippen molar-refractivity contribution < 1.29 is 27.5 Å². The van der Waals surface area contributed by atoms with Gasteiger partial charge in [0.2, 0.25) is 0 Å². The molecule has 2 aliphatic rings. The first-order valence-corrected chi connectivity index (χ1v) is 17.1. The monoisotopic (exact) mass is 656 g/mol. The summed E-state index contributed by atoms with van der Waals surface area (Å²) in [6.45, 7) is 18.4. The normalized spacial score (nSPS) is 18.7. The predicted octanol–water partition coefficient (Wildman–Crippen LogP) is 6.84. The van der Waals surface area contributed by atoms with Crippen LogP contribution in [0.4, 0.5) is 16.2 Å². The third-order valence-corrected chi connectivity index (χ3v) is 10.6. The second kappa shape index (κ2) is 11.8. The van der Waals surface area contributed by atoms with Crippen LogP contribution in [-0.2, 0) is 24.3 Å². The summed E-state index contributed by atoms with van der Waals surface area (Å²) in [5.74, 6) is -1.90. The van der Waals surface area contributed by atoms with Crippen molar-refractivity contribution in [2.75, 3.05) is 12.4 Å². The molecular formula is C33H44N4O6S2. The molecule has 45 heavy (non-hydrogen) atoms. The van der Waals surface area contributed by atoms with Gasteiger partial charge in [0.05, 0.1) is 11.4 Å². The summed E-state index contributed by atoms with van der Waals surface area (Å²) in [5.41, 5.74) is -0.791. The number of thioether (sulfide) groups is 1. The van der Waals surface area contributed by atoms with Crippen LogP contribution < -0.4 is 5.32 Å². The van der Waals surface area contributed by atoms with Crippen LogP contribution in [0.25, 0.3) is 0 Å². The van der Waals surface area contributed by atoms with E-state index < -0.39 is 39.6 Å². The van der Waals surface area contributed by atoms with Crippen molar-refractivity contribution in [3.8, 4) is 0 Å². The number of carbonyl (C=O) groups excluding carboxylic acids is 3. The Labute approximate surface area is 271 Å². The molecule has 0 saturated carbocycles. The van der Waals surface area contributed by atoms with Crippen LogP contribution in [0.15, 0.2) is 63.3 Å². The topological polar surface area (TPSA) is 125 Å². The molecule has 0 spiro atoms. The molecular weight excluding hydrogens is 613 g/mol. The van der Waals surface area contributed by atoms with Crippen molar-refractivity contribution in [1.29, 1.82) is 0 Å². The number of rotatable bonds is 9. The predicted molar refractivity (Wildman–Crippen MR) is 177 cm³/mol. The SMILES string of the molecule is CN1C(C(C(=O)Nc2ccccc2SC(C)(C)CC(C)(C)CC(C)(C)C)N2C(=O)OC(C)(C)C2=O)=Nc2ccccc2S1(=O)=O. The molecule has 244 valence electrons. The van der Waals surface area contributed by atoms with Gasteiger partial charge in [-0.15, -0.1) is 11.8 Å². The molecule has 2 aliphatic heterocycles. The number of cyclic esters (lactones) is 1. The average Bonchev–Trinajstić information content (AvgIpc) is 3.07. The Hall–Kier alpha value is -3.38. The molecule has 1 atom stereocenters. The van der Waals surface area contributed by atoms with Gasteiger partial charge in [0.15, 0.2) is 17.5 Å². The number of para-hydroxylation sites is 2. The van der Waals surface area contributed by atoms with Crippen LogP contribution in [0, 0.1) is 10.8 Å². The molecule has 1 fully saturated rings. The minimum atomic E-state index is -4.15. The molecule has 10 nitrogen and oxygen atoms in total. The van der Waals surface area contributed by atoms with Gasteiger partial charge in [-0.2, -0.15) is 0 Å². The van der Waals surface area contributed by atoms with Crippen LogP contribution >= 0.6 is 11.8 Å². The molecule has 2 aromatic rings. The number of carbonyl (C=O) groups is 3. The summed E-state index contributed by atoms with van der Waals surface area (Å²) in [7, 11) is -2.91. The van der Waals surface area contributed by atoms with Crippen LogP contribution in [0.2, 0.25) is 0 Å². The third-order valence-electron chi connectivity index (χ3n) is 7.53. The summed E-state index contributed by atoms with van der Waals surface area (Å²) in [4.78, 5) is 46.7. The number of nitrogens with zero attached hydrogens (tertiary/aromatic N) is 3. The highest BCUT2D eigenvalue weighted by Crippen LogP contribution is 2.47. The summed E-state index contributed by atoms with van der Waals surface area (Å²) in [5, 5.41) is 2.89. The summed E-state index contributed by atoms with van der Waals surface area (Å²) < 4.78 is 32.9. The van der Waals surface area contributed by atoms with Gasteiger partial charge in [0, 0.05) is 16.7 Å². The maximum atomic E-state index is 14.2. The number of amides is 3. The number of fused-ring (bicyclic) bond motifs is 1. The second-order valence-corrected chi connectivity index (χ2v) is 18.5. The number of hydrogen-bond donors (Lipinski definition) is 1. The van der Waals surface area contributed by atoms with Crippen molar-refractivity contribution in [2.24, 2.45) is 15.8 Å². The van der Waals surface area contributed by atoms with E-state index in [2.05, 4.69) is 58.8 Å². The van der Waals surface area contributed by atoms with E-state index >= 15 is 0 Å². The van der Waals surface area contributed by atoms with Gasteiger partial charge in [-0.05, 0) is 61.8 Å². The van der Waals surface area contributed by atoms with E-state index in [9.17, 15) is 22.8 Å². The Balaban J connectivity index is 1.73. The number of imide groups is 1. The standard InChI is InChI=1S/C33H44N4O6S2/c1-30(2,3)19-31(4,5)20-32(6,7)44-23-17-13-11-15-21(23)35-27(38)25(37-28(39)33(8,9)43-29(37)40)26-34-22-16-12-14-18-24(22)45(41,42)36(26)10/h11-18,25H,19-20H2,1-10H3,(H,35,38). The quantitative estimate of drug-likeness (QED) is 0.293. The summed E-state index contributed by atoms with van der Waals surface area (Å²) >= 11 is 1.62. The van der Waals surface area contributed by atoms with Crippen molar-refractivity contribution in [2.45, 2.75) is 101 Å². The number of aliphatic imine (C=N–C) groups is 1. The van der Waals surface area contributed by atoms with E-state index in [0.29, 0.717) is 10.6 Å². The van der Waals surface area contributed by atoms with Crippen LogP contribution in [0.1, 0.15) is 75.2 Å². The minimum absolute atomic E-state index is 0.0484. The first-order chi connectivity index (χ1) is 20.5. The number of likely N-dealkylation sites (N-methyl/N-ethyl adjacent to an activating group) is 1. The number of nitrogens with one attached hydrogen (secondary N) is 1. The Morgan fingerprint density at radius 3 is 2.18 bits per heavy atom. The molecule has 4 rings (SSSR count). The molecule has 12 heteroatoms. The van der Waals surface area contributed by atoms with Gasteiger partial charge in [-0.1, -0.05) is 72.7 Å². The van der Waals surface area contributed by atoms with Crippen molar-refractivity contribution in [3.63, 3.8) is 0 Å². The Kier molecular flexibility index (Phi) is 9.02. The lowest BCUT2D eigenvalue weighted by Crippen LogP contribution is -2.58. The zero-order valence-corrected chi connectivity index (χ0v) is 29.4. The number of ether oxygens (including phenoxy) is 1. The number of benzene rings is 2. The first kappa shape index (κ1) is 34.5. The molecule has 0 radical (unpaired) electrons. The Morgan fingerprint density at radius 1 is 0.978 bits per heavy atom. The summed E-state index contributed by atoms with van der Waals surface area (Å²) in [6, 6.07) is 11.6. The third kappa shape index (κ3) is 7.38. The van der Waals surface area contributed by atoms with Crippen molar-refractivity contribution >= 4 is 56.9 Å². The second-order valence-electron chi connectivity index (χ2n) is 14.8. The van der Waals surface area contributed by atoms with Gasteiger partial charge in [0.25, 0.3) is 21.8 Å². The fraction of sp³-hybridized carbons (Fsp3) is 0.515. The van der Waals surface area contributed by atoms with E-state index in [-0.39, 0.29) is 32.0 Å². The molecule has 0 aliphatic carbocycles. The molecule has 1 unspecified atom stereocenters. The van der Waals surface area contributed by atoms with Crippen LogP contribution in [-0.4, -0.2) is 64.8 Å². The van der Waals surface area contributed by atoms with Gasteiger partial charge in [-0.3, -0.25) is 13.9 Å². The first-order valence-electron chi connectivity index (χ1n) is 14.9. The maximum Gasteiger partial charge on any atom is 0.418 e. The molecule has 0 aromatic heterocycles. The fourth-order valence-corrected chi connectivity index (χ4v) is 9.31. The lowest BCUT2D eigenvalue weighted by atomic mass is 9.72. The van der Waals surface area contributed by atoms with E-state index in [0.717, 1.165) is 22.0 Å². The van der Waals surface area contributed by atoms with Gasteiger partial charge < -0.3 is 10.1 Å². The maximum absolute atomic E-state index is 14.2. The zero-order chi connectivity index (χ0) is 33.8. The van der Waals surface area contributed by atoms with Gasteiger partial charge >= 0.3 is 6.09 Å². The summed E-state index contributed by atoms with van der Waals surface area (Å²) in [6.07, 6.45) is 0.860. The van der Waals surface area contributed by atoms with E-state index in [1.807, 2.05) is 12.1 Å². The zero-order valence-electron chi connectivity index (χ0n) is 27.7. The van der Waals surface area contributed by atoms with E-state index in [1.54, 1.807) is 36.0 Å². The fourth-order valence-electron chi connectivity index (χ4n) is 6.57. The number of amidine groups is 1. The number of hydrogen-bond acceptors (Lipinski definition) is 8. The Morgan fingerprint density at radius 2 is 1.58 bits per heavy atom. The minimum Gasteiger partial charge on any atom is -0.433 e. The highest BCUT2D eigenvalue weighted by molar-refractivity contribution is 8.00. The van der Waals surface area contributed by atoms with Crippen LogP contribution in [0.3, 0.4) is 0 Å². The highest BCUT2D eigenvalue weighted by Gasteiger charge is 2.55. The van der Waals surface area contributed by atoms with E-state index in [1.165, 1.54) is 33.0 Å². The van der Waals surface area contributed by atoms with Gasteiger partial charge in [-0.25, -0.2) is 23.1 Å². The average molecular weight is 657 g/mol. The lowest BCUT2D eigenvalue weighted by molar-refractivity contribution is -0.137. The molecule has 0 bridgehead atoms. The molecule has 2 aromatic carbocycles. The van der Waals surface area contributed by atoms with Gasteiger partial charge in [0.1, 0.15) is 4.90 Å². The largest absolute Gasteiger partial charge is 0.433 e. The highest BCUT2D eigenvalue weighted by atomic mass is 32.2.